The number of ether oxygens (including phenoxy) is 1. The quantitative estimate of drug-likeness (QED) is 0.685. The van der Waals surface area contributed by atoms with Gasteiger partial charge in [0.2, 0.25) is 0 Å². The fraction of sp³-hybridized carbons (Fsp3) is 0.889. The van der Waals surface area contributed by atoms with Gasteiger partial charge in [0.1, 0.15) is 12.3 Å². The molecule has 0 atom stereocenters. The monoisotopic (exact) mass is 185 g/mol. The highest BCUT2D eigenvalue weighted by molar-refractivity contribution is 6.55. The van der Waals surface area contributed by atoms with Crippen LogP contribution in [0, 0.1) is 0 Å². The third-order valence-corrected chi connectivity index (χ3v) is 1.39. The molecule has 76 valence electrons. The lowest BCUT2D eigenvalue weighted by Crippen LogP contribution is -2.33. The smallest absolute Gasteiger partial charge is 0.407 e. The number of nitrogens with one attached hydrogen (secondary N) is 1. The Balaban J connectivity index is 3.53. The second kappa shape index (κ2) is 5.15. The summed E-state index contributed by atoms with van der Waals surface area (Å²) < 4.78 is 5.07. The van der Waals surface area contributed by atoms with Crippen LogP contribution >= 0.6 is 0 Å². The van der Waals surface area contributed by atoms with Gasteiger partial charge in [0.25, 0.3) is 0 Å². The van der Waals surface area contributed by atoms with E-state index in [-0.39, 0.29) is 6.09 Å². The van der Waals surface area contributed by atoms with Crippen LogP contribution in [-0.2, 0) is 4.74 Å². The van der Waals surface area contributed by atoms with Gasteiger partial charge < -0.3 is 10.1 Å². The first-order chi connectivity index (χ1) is 5.81. The third kappa shape index (κ3) is 9.25. The molecule has 0 aromatic heterocycles. The molecule has 0 heterocycles. The minimum Gasteiger partial charge on any atom is -0.444 e. The molecule has 13 heavy (non-hydrogen) atoms. The maximum absolute atomic E-state index is 11.1. The van der Waals surface area contributed by atoms with Crippen molar-refractivity contribution in [2.45, 2.75) is 46.3 Å². The number of alkyl carbamates (subject to hydrolysis) is 1. The second-order valence-electron chi connectivity index (χ2n) is 4.61. The van der Waals surface area contributed by atoms with Crippen molar-refractivity contribution in [3.8, 4) is 0 Å². The van der Waals surface area contributed by atoms with Crippen molar-refractivity contribution in [3.05, 3.63) is 0 Å². The van der Waals surface area contributed by atoms with Gasteiger partial charge in [0.05, 0.1) is 0 Å². The van der Waals surface area contributed by atoms with Gasteiger partial charge in [-0.15, -0.1) is 0 Å². The van der Waals surface area contributed by atoms with Gasteiger partial charge in [-0.1, -0.05) is 20.0 Å². The Labute approximate surface area is 81.3 Å². The molecule has 0 spiro atoms. The first-order valence-corrected chi connectivity index (χ1v) is 4.78. The maximum atomic E-state index is 11.1. The fourth-order valence-electron chi connectivity index (χ4n) is 0.777. The predicted molar refractivity (Wildman–Crippen MR) is 56.5 cm³/mol. The summed E-state index contributed by atoms with van der Waals surface area (Å²) in [5, 5.41) is 2.71. The summed E-state index contributed by atoms with van der Waals surface area (Å²) >= 11 is 0. The van der Waals surface area contributed by atoms with E-state index in [9.17, 15) is 4.79 Å². The summed E-state index contributed by atoms with van der Waals surface area (Å²) in [6, 6.07) is 0. The lowest BCUT2D eigenvalue weighted by Gasteiger charge is -2.19. The lowest BCUT2D eigenvalue weighted by molar-refractivity contribution is 0.0531. The Morgan fingerprint density at radius 1 is 1.38 bits per heavy atom. The molecule has 0 aliphatic rings. The van der Waals surface area contributed by atoms with Gasteiger partial charge in [0.15, 0.2) is 0 Å². The number of carbonyl (C=O) groups excluding carboxylic acids is 1. The Bertz CT molecular complexity index is 163. The minimum absolute atomic E-state index is 0.326. The van der Waals surface area contributed by atoms with E-state index < -0.39 is 5.60 Å². The van der Waals surface area contributed by atoms with Crippen molar-refractivity contribution < 1.29 is 9.53 Å². The second-order valence-corrected chi connectivity index (χ2v) is 4.61. The molecular weight excluding hydrogens is 165 g/mol. The number of rotatable bonds is 3. The Morgan fingerprint density at radius 2 is 1.92 bits per heavy atom. The molecule has 0 aromatic rings. The van der Waals surface area contributed by atoms with E-state index in [0.717, 1.165) is 6.32 Å². The van der Waals surface area contributed by atoms with E-state index in [1.807, 2.05) is 20.8 Å². The van der Waals surface area contributed by atoms with Crippen LogP contribution in [0.3, 0.4) is 0 Å². The number of hydrogen-bond donors (Lipinski definition) is 1. The van der Waals surface area contributed by atoms with Gasteiger partial charge in [0, 0.05) is 6.54 Å². The molecule has 1 amide bonds. The Hall–Kier alpha value is -0.665. The summed E-state index contributed by atoms with van der Waals surface area (Å²) in [5.41, 5.74) is -0.401. The Kier molecular flexibility index (Phi) is 4.88. The zero-order valence-corrected chi connectivity index (χ0v) is 9.31. The van der Waals surface area contributed by atoms with Crippen molar-refractivity contribution in [2.24, 2.45) is 0 Å². The van der Waals surface area contributed by atoms with Crippen molar-refractivity contribution in [1.29, 1.82) is 0 Å². The minimum atomic E-state index is -0.401. The number of amides is 1. The molecule has 0 radical (unpaired) electrons. The van der Waals surface area contributed by atoms with E-state index in [1.54, 1.807) is 0 Å². The predicted octanol–water partition coefficient (Wildman–Crippen LogP) is 2.27. The summed E-state index contributed by atoms with van der Waals surface area (Å²) in [7, 11) is 0. The summed E-state index contributed by atoms with van der Waals surface area (Å²) in [6.45, 7) is 11.1. The van der Waals surface area contributed by atoms with Crippen molar-refractivity contribution in [2.75, 3.05) is 6.54 Å². The third-order valence-electron chi connectivity index (χ3n) is 1.39. The van der Waals surface area contributed by atoms with Crippen LogP contribution in [0.5, 0.6) is 0 Å². The van der Waals surface area contributed by atoms with Crippen molar-refractivity contribution in [3.63, 3.8) is 0 Å². The van der Waals surface area contributed by atoms with Crippen LogP contribution < -0.4 is 5.32 Å². The summed E-state index contributed by atoms with van der Waals surface area (Å²) in [5.74, 6) is 0. The van der Waals surface area contributed by atoms with Gasteiger partial charge >= 0.3 is 6.09 Å². The maximum Gasteiger partial charge on any atom is 0.407 e. The van der Waals surface area contributed by atoms with Crippen LogP contribution in [0.1, 0.15) is 20.8 Å². The standard InChI is InChI=1S/C9H20BNO2/c1-9(2,3)13-8(12)11-7-6-10(4)5/h6-7H2,1-5H3,(H,11,12). The van der Waals surface area contributed by atoms with Gasteiger partial charge in [-0.3, -0.25) is 0 Å². The molecular formula is C9H20BNO2. The number of carbonyl (C=O) groups is 1. The van der Waals surface area contributed by atoms with Crippen molar-refractivity contribution >= 4 is 12.8 Å². The summed E-state index contributed by atoms with van der Waals surface area (Å²) in [6.07, 6.45) is 0.660. The van der Waals surface area contributed by atoms with E-state index in [4.69, 9.17) is 4.74 Å². The SMILES string of the molecule is CB(C)CCNC(=O)OC(C)(C)C. The molecule has 0 unspecified atom stereocenters. The first kappa shape index (κ1) is 12.3. The average Bonchev–Trinajstić information content (AvgIpc) is 1.81. The normalized spacial score (nSPS) is 10.8. The molecule has 0 saturated heterocycles. The molecule has 0 bridgehead atoms. The van der Waals surface area contributed by atoms with Crippen LogP contribution in [0.4, 0.5) is 4.79 Å². The molecule has 0 rings (SSSR count). The zero-order chi connectivity index (χ0) is 10.5. The highest BCUT2D eigenvalue weighted by Crippen LogP contribution is 2.06. The molecule has 1 N–H and O–H groups in total. The highest BCUT2D eigenvalue weighted by atomic mass is 16.6. The van der Waals surface area contributed by atoms with Crippen molar-refractivity contribution in [1.82, 2.24) is 5.32 Å². The fourth-order valence-corrected chi connectivity index (χ4v) is 0.777. The lowest BCUT2D eigenvalue weighted by atomic mass is 9.52. The topological polar surface area (TPSA) is 38.3 Å². The molecule has 0 saturated carbocycles. The number of hydrogen-bond acceptors (Lipinski definition) is 2. The zero-order valence-electron chi connectivity index (χ0n) is 9.31. The Morgan fingerprint density at radius 3 is 2.31 bits per heavy atom. The van der Waals surface area contributed by atoms with E-state index in [1.165, 1.54) is 0 Å². The van der Waals surface area contributed by atoms with Crippen LogP contribution in [0.25, 0.3) is 0 Å². The molecule has 0 fully saturated rings. The van der Waals surface area contributed by atoms with Crippen LogP contribution in [0.15, 0.2) is 0 Å². The van der Waals surface area contributed by atoms with Gasteiger partial charge in [-0.05, 0) is 20.8 Å². The first-order valence-electron chi connectivity index (χ1n) is 4.78. The van der Waals surface area contributed by atoms with Gasteiger partial charge in [-0.2, -0.15) is 0 Å². The van der Waals surface area contributed by atoms with Gasteiger partial charge in [-0.25, -0.2) is 4.79 Å². The molecule has 0 aromatic carbocycles. The molecule has 0 aliphatic carbocycles. The highest BCUT2D eigenvalue weighted by Gasteiger charge is 2.15. The van der Waals surface area contributed by atoms with Crippen LogP contribution in [-0.4, -0.2) is 25.0 Å². The molecule has 3 nitrogen and oxygen atoms in total. The average molecular weight is 185 g/mol. The van der Waals surface area contributed by atoms with E-state index in [0.29, 0.717) is 13.3 Å². The largest absolute Gasteiger partial charge is 0.444 e. The summed E-state index contributed by atoms with van der Waals surface area (Å²) in [4.78, 5) is 11.1. The molecule has 0 aliphatic heterocycles. The van der Waals surface area contributed by atoms with E-state index in [2.05, 4.69) is 19.0 Å². The van der Waals surface area contributed by atoms with Crippen LogP contribution in [0.2, 0.25) is 20.0 Å². The van der Waals surface area contributed by atoms with E-state index >= 15 is 0 Å². The molecule has 4 heteroatoms.